The van der Waals surface area contributed by atoms with E-state index < -0.39 is 0 Å². The van der Waals surface area contributed by atoms with Crippen LogP contribution in [0.15, 0.2) is 73.1 Å². The quantitative estimate of drug-likeness (QED) is 0.747. The van der Waals surface area contributed by atoms with Crippen LogP contribution >= 0.6 is 11.6 Å². The smallest absolute Gasteiger partial charge is 0.251 e. The maximum absolute atomic E-state index is 12.2. The summed E-state index contributed by atoms with van der Waals surface area (Å²) in [6.45, 7) is 0.458. The first-order valence-corrected chi connectivity index (χ1v) is 7.80. The highest BCUT2D eigenvalue weighted by atomic mass is 35.5. The number of aromatic nitrogens is 1. The summed E-state index contributed by atoms with van der Waals surface area (Å²) in [5.41, 5.74) is 1.56. The molecular weight excluding hydrogens is 324 g/mol. The molecule has 0 unspecified atom stereocenters. The number of para-hydroxylation sites is 1. The largest absolute Gasteiger partial charge is 0.456 e. The topological polar surface area (TPSA) is 51.2 Å². The van der Waals surface area contributed by atoms with Crippen LogP contribution in [0.5, 0.6) is 11.5 Å². The van der Waals surface area contributed by atoms with Crippen LogP contribution in [0.25, 0.3) is 0 Å². The number of pyridine rings is 1. The molecule has 120 valence electrons. The Morgan fingerprint density at radius 3 is 2.42 bits per heavy atom. The van der Waals surface area contributed by atoms with Crippen LogP contribution in [0, 0.1) is 0 Å². The van der Waals surface area contributed by atoms with Gasteiger partial charge in [-0.2, -0.15) is 0 Å². The van der Waals surface area contributed by atoms with E-state index in [1.54, 1.807) is 48.8 Å². The molecule has 1 amide bonds. The Morgan fingerprint density at radius 2 is 1.71 bits per heavy atom. The summed E-state index contributed by atoms with van der Waals surface area (Å²) in [5.74, 6) is 1.05. The fourth-order valence-corrected chi connectivity index (χ4v) is 2.29. The second-order valence-electron chi connectivity index (χ2n) is 5.10. The summed E-state index contributed by atoms with van der Waals surface area (Å²) in [6.07, 6.45) is 3.39. The average Bonchev–Trinajstić information content (AvgIpc) is 2.63. The number of carbonyl (C=O) groups excluding carboxylic acids is 1. The van der Waals surface area contributed by atoms with Crippen LogP contribution in [-0.2, 0) is 6.54 Å². The Hall–Kier alpha value is -2.85. The van der Waals surface area contributed by atoms with Crippen molar-refractivity contribution in [3.05, 3.63) is 89.2 Å². The molecule has 24 heavy (non-hydrogen) atoms. The van der Waals surface area contributed by atoms with E-state index in [0.29, 0.717) is 28.6 Å². The fourth-order valence-electron chi connectivity index (χ4n) is 2.11. The van der Waals surface area contributed by atoms with Gasteiger partial charge in [0.25, 0.3) is 5.91 Å². The van der Waals surface area contributed by atoms with Crippen molar-refractivity contribution in [3.63, 3.8) is 0 Å². The molecule has 0 spiro atoms. The van der Waals surface area contributed by atoms with Gasteiger partial charge in [-0.3, -0.25) is 9.78 Å². The molecule has 3 rings (SSSR count). The van der Waals surface area contributed by atoms with Crippen LogP contribution in [0.2, 0.25) is 5.02 Å². The normalized spacial score (nSPS) is 10.2. The zero-order valence-electron chi connectivity index (χ0n) is 12.8. The maximum atomic E-state index is 12.2. The van der Waals surface area contributed by atoms with Gasteiger partial charge in [0.1, 0.15) is 11.5 Å². The van der Waals surface area contributed by atoms with Gasteiger partial charge in [-0.05, 0) is 54.1 Å². The number of nitrogens with zero attached hydrogens (tertiary/aromatic N) is 1. The number of carbonyl (C=O) groups is 1. The lowest BCUT2D eigenvalue weighted by atomic mass is 10.2. The molecule has 1 heterocycles. The minimum atomic E-state index is -0.142. The molecule has 0 radical (unpaired) electrons. The number of hydrogen-bond donors (Lipinski definition) is 1. The van der Waals surface area contributed by atoms with Crippen molar-refractivity contribution >= 4 is 17.5 Å². The molecule has 0 bridgehead atoms. The fraction of sp³-hybridized carbons (Fsp3) is 0.0526. The number of halogens is 1. The van der Waals surface area contributed by atoms with Gasteiger partial charge in [0.15, 0.2) is 0 Å². The summed E-state index contributed by atoms with van der Waals surface area (Å²) in [7, 11) is 0. The Bertz CT molecular complexity index is 820. The predicted octanol–water partition coefficient (Wildman–Crippen LogP) is 4.46. The highest BCUT2D eigenvalue weighted by Gasteiger charge is 2.07. The lowest BCUT2D eigenvalue weighted by molar-refractivity contribution is 0.0951. The Kier molecular flexibility index (Phi) is 5.08. The summed E-state index contributed by atoms with van der Waals surface area (Å²) in [5, 5.41) is 3.40. The zero-order chi connectivity index (χ0) is 16.8. The van der Waals surface area contributed by atoms with Gasteiger partial charge in [-0.1, -0.05) is 23.7 Å². The van der Waals surface area contributed by atoms with Gasteiger partial charge in [-0.25, -0.2) is 0 Å². The molecule has 1 N–H and O–H groups in total. The number of ether oxygens (including phenoxy) is 1. The van der Waals surface area contributed by atoms with Gasteiger partial charge in [0, 0.05) is 24.5 Å². The van der Waals surface area contributed by atoms with Gasteiger partial charge >= 0.3 is 0 Å². The zero-order valence-corrected chi connectivity index (χ0v) is 13.5. The molecule has 0 saturated carbocycles. The van der Waals surface area contributed by atoms with Crippen molar-refractivity contribution in [3.8, 4) is 11.5 Å². The van der Waals surface area contributed by atoms with Crippen molar-refractivity contribution in [1.29, 1.82) is 0 Å². The Labute approximate surface area is 145 Å². The molecule has 0 atom stereocenters. The van der Waals surface area contributed by atoms with Crippen LogP contribution in [0.1, 0.15) is 15.9 Å². The standard InChI is InChI=1S/C19H15ClN2O2/c20-17-3-1-2-4-18(17)24-16-7-5-15(6-8-16)19(23)22-13-14-9-11-21-12-10-14/h1-12H,13H2,(H,22,23). The van der Waals surface area contributed by atoms with E-state index in [0.717, 1.165) is 5.56 Å². The summed E-state index contributed by atoms with van der Waals surface area (Å²) in [6, 6.07) is 17.9. The second kappa shape index (κ2) is 7.62. The molecule has 0 aliphatic heterocycles. The van der Waals surface area contributed by atoms with Gasteiger partial charge < -0.3 is 10.1 Å². The van der Waals surface area contributed by atoms with Crippen LogP contribution < -0.4 is 10.1 Å². The first kappa shape index (κ1) is 16.0. The molecule has 1 aromatic heterocycles. The first-order valence-electron chi connectivity index (χ1n) is 7.42. The first-order chi connectivity index (χ1) is 11.7. The van der Waals surface area contributed by atoms with E-state index in [4.69, 9.17) is 16.3 Å². The monoisotopic (exact) mass is 338 g/mol. The van der Waals surface area contributed by atoms with E-state index in [9.17, 15) is 4.79 Å². The Balaban J connectivity index is 1.61. The van der Waals surface area contributed by atoms with Gasteiger partial charge in [0.05, 0.1) is 5.02 Å². The minimum absolute atomic E-state index is 0.142. The van der Waals surface area contributed by atoms with Crippen molar-refractivity contribution in [2.24, 2.45) is 0 Å². The molecule has 0 aliphatic carbocycles. The molecule has 0 fully saturated rings. The van der Waals surface area contributed by atoms with E-state index >= 15 is 0 Å². The van der Waals surface area contributed by atoms with Crippen LogP contribution in [0.3, 0.4) is 0 Å². The lowest BCUT2D eigenvalue weighted by Gasteiger charge is -2.09. The molecular formula is C19H15ClN2O2. The van der Waals surface area contributed by atoms with E-state index in [1.807, 2.05) is 24.3 Å². The van der Waals surface area contributed by atoms with Crippen molar-refractivity contribution in [1.82, 2.24) is 10.3 Å². The highest BCUT2D eigenvalue weighted by Crippen LogP contribution is 2.28. The van der Waals surface area contributed by atoms with E-state index in [2.05, 4.69) is 10.3 Å². The van der Waals surface area contributed by atoms with E-state index in [-0.39, 0.29) is 5.91 Å². The number of amides is 1. The molecule has 0 saturated heterocycles. The SMILES string of the molecule is O=C(NCc1ccncc1)c1ccc(Oc2ccccc2Cl)cc1. The minimum Gasteiger partial charge on any atom is -0.456 e. The highest BCUT2D eigenvalue weighted by molar-refractivity contribution is 6.32. The molecule has 3 aromatic rings. The van der Waals surface area contributed by atoms with Crippen LogP contribution in [-0.4, -0.2) is 10.9 Å². The average molecular weight is 339 g/mol. The predicted molar refractivity (Wildman–Crippen MR) is 93.4 cm³/mol. The van der Waals surface area contributed by atoms with Crippen molar-refractivity contribution in [2.45, 2.75) is 6.54 Å². The molecule has 5 heteroatoms. The third-order valence-electron chi connectivity index (χ3n) is 3.38. The maximum Gasteiger partial charge on any atom is 0.251 e. The van der Waals surface area contributed by atoms with E-state index in [1.165, 1.54) is 0 Å². The van der Waals surface area contributed by atoms with Crippen molar-refractivity contribution in [2.75, 3.05) is 0 Å². The lowest BCUT2D eigenvalue weighted by Crippen LogP contribution is -2.22. The summed E-state index contributed by atoms with van der Waals surface area (Å²) >= 11 is 6.06. The van der Waals surface area contributed by atoms with Gasteiger partial charge in [-0.15, -0.1) is 0 Å². The second-order valence-corrected chi connectivity index (χ2v) is 5.50. The third kappa shape index (κ3) is 4.12. The van der Waals surface area contributed by atoms with Crippen LogP contribution in [0.4, 0.5) is 0 Å². The summed E-state index contributed by atoms with van der Waals surface area (Å²) in [4.78, 5) is 16.1. The number of hydrogen-bond acceptors (Lipinski definition) is 3. The number of rotatable bonds is 5. The number of benzene rings is 2. The molecule has 4 nitrogen and oxygen atoms in total. The number of nitrogens with one attached hydrogen (secondary N) is 1. The summed E-state index contributed by atoms with van der Waals surface area (Å²) < 4.78 is 5.70. The van der Waals surface area contributed by atoms with Crippen molar-refractivity contribution < 1.29 is 9.53 Å². The third-order valence-corrected chi connectivity index (χ3v) is 3.70. The molecule has 2 aromatic carbocycles. The molecule has 0 aliphatic rings. The Morgan fingerprint density at radius 1 is 1.00 bits per heavy atom. The van der Waals surface area contributed by atoms with Gasteiger partial charge in [0.2, 0.25) is 0 Å².